The standard InChI is InChI=1S/C10H11N3O/c1-7(14)4-10-12-6-9-5-8(11)2-3-13(9)10/h2-3,5-6H,4,11H2,1H3. The Hall–Kier alpha value is -1.84. The van der Waals surface area contributed by atoms with E-state index in [-0.39, 0.29) is 5.78 Å². The Morgan fingerprint density at radius 1 is 1.64 bits per heavy atom. The molecular weight excluding hydrogens is 178 g/mol. The number of fused-ring (bicyclic) bond motifs is 1. The summed E-state index contributed by atoms with van der Waals surface area (Å²) in [6.07, 6.45) is 3.91. The fraction of sp³-hybridized carbons (Fsp3) is 0.200. The minimum atomic E-state index is 0.106. The first-order valence-corrected chi connectivity index (χ1v) is 4.38. The number of rotatable bonds is 2. The molecule has 0 aliphatic carbocycles. The van der Waals surface area contributed by atoms with Crippen molar-refractivity contribution in [2.24, 2.45) is 0 Å². The smallest absolute Gasteiger partial charge is 0.137 e. The van der Waals surface area contributed by atoms with Gasteiger partial charge in [-0.1, -0.05) is 0 Å². The van der Waals surface area contributed by atoms with Crippen LogP contribution in [0.5, 0.6) is 0 Å². The van der Waals surface area contributed by atoms with E-state index < -0.39 is 0 Å². The third-order valence-corrected chi connectivity index (χ3v) is 2.04. The molecule has 14 heavy (non-hydrogen) atoms. The molecule has 0 aliphatic rings. The van der Waals surface area contributed by atoms with Crippen LogP contribution in [0.4, 0.5) is 5.69 Å². The Morgan fingerprint density at radius 3 is 3.14 bits per heavy atom. The zero-order valence-electron chi connectivity index (χ0n) is 7.90. The van der Waals surface area contributed by atoms with Crippen LogP contribution in [0, 0.1) is 0 Å². The number of nitrogens with zero attached hydrogens (tertiary/aromatic N) is 2. The number of carbonyl (C=O) groups is 1. The minimum Gasteiger partial charge on any atom is -0.399 e. The second-order valence-corrected chi connectivity index (χ2v) is 3.31. The summed E-state index contributed by atoms with van der Waals surface area (Å²) < 4.78 is 1.87. The summed E-state index contributed by atoms with van der Waals surface area (Å²) in [5, 5.41) is 0. The Labute approximate surface area is 81.4 Å². The lowest BCUT2D eigenvalue weighted by Crippen LogP contribution is -2.02. The highest BCUT2D eigenvalue weighted by molar-refractivity contribution is 5.77. The van der Waals surface area contributed by atoms with Crippen LogP contribution in [0.2, 0.25) is 0 Å². The first-order valence-electron chi connectivity index (χ1n) is 4.38. The van der Waals surface area contributed by atoms with Gasteiger partial charge in [-0.15, -0.1) is 0 Å². The van der Waals surface area contributed by atoms with Gasteiger partial charge in [0.25, 0.3) is 0 Å². The Balaban J connectivity index is 2.52. The van der Waals surface area contributed by atoms with Gasteiger partial charge in [0.1, 0.15) is 11.6 Å². The van der Waals surface area contributed by atoms with E-state index in [2.05, 4.69) is 4.98 Å². The quantitative estimate of drug-likeness (QED) is 0.768. The first kappa shape index (κ1) is 8.74. The van der Waals surface area contributed by atoms with Crippen LogP contribution in [0.1, 0.15) is 12.7 Å². The van der Waals surface area contributed by atoms with E-state index in [0.29, 0.717) is 12.1 Å². The summed E-state index contributed by atoms with van der Waals surface area (Å²) >= 11 is 0. The Morgan fingerprint density at radius 2 is 2.43 bits per heavy atom. The number of anilines is 1. The lowest BCUT2D eigenvalue weighted by atomic mass is 10.3. The van der Waals surface area contributed by atoms with Crippen molar-refractivity contribution in [3.05, 3.63) is 30.4 Å². The van der Waals surface area contributed by atoms with Gasteiger partial charge >= 0.3 is 0 Å². The van der Waals surface area contributed by atoms with Gasteiger partial charge in [0.2, 0.25) is 0 Å². The minimum absolute atomic E-state index is 0.106. The summed E-state index contributed by atoms with van der Waals surface area (Å²) in [7, 11) is 0. The van der Waals surface area contributed by atoms with Gasteiger partial charge < -0.3 is 10.1 Å². The van der Waals surface area contributed by atoms with Gasteiger partial charge in [-0.05, 0) is 19.1 Å². The maximum Gasteiger partial charge on any atom is 0.137 e. The van der Waals surface area contributed by atoms with E-state index in [1.807, 2.05) is 16.7 Å². The van der Waals surface area contributed by atoms with Crippen LogP contribution in [-0.2, 0) is 11.2 Å². The van der Waals surface area contributed by atoms with E-state index in [0.717, 1.165) is 11.3 Å². The lowest BCUT2D eigenvalue weighted by molar-refractivity contribution is -0.116. The first-order chi connectivity index (χ1) is 6.66. The molecule has 0 aromatic carbocycles. The van der Waals surface area contributed by atoms with E-state index in [9.17, 15) is 4.79 Å². The number of hydrogen-bond donors (Lipinski definition) is 1. The number of pyridine rings is 1. The average Bonchev–Trinajstić information content (AvgIpc) is 2.47. The van der Waals surface area contributed by atoms with E-state index >= 15 is 0 Å². The van der Waals surface area contributed by atoms with Crippen molar-refractivity contribution >= 4 is 17.0 Å². The number of Topliss-reactive ketones (excluding diaryl/α,β-unsaturated/α-hetero) is 1. The number of hydrogen-bond acceptors (Lipinski definition) is 3. The zero-order valence-corrected chi connectivity index (χ0v) is 7.90. The number of carbonyl (C=O) groups excluding carboxylic acids is 1. The highest BCUT2D eigenvalue weighted by Gasteiger charge is 2.05. The number of imidazole rings is 1. The van der Waals surface area contributed by atoms with Crippen LogP contribution < -0.4 is 5.73 Å². The highest BCUT2D eigenvalue weighted by atomic mass is 16.1. The van der Waals surface area contributed by atoms with Crippen molar-refractivity contribution in [1.82, 2.24) is 9.38 Å². The molecule has 4 heteroatoms. The lowest BCUT2D eigenvalue weighted by Gasteiger charge is -1.99. The van der Waals surface area contributed by atoms with Crippen LogP contribution >= 0.6 is 0 Å². The van der Waals surface area contributed by atoms with E-state index in [4.69, 9.17) is 5.73 Å². The predicted molar refractivity (Wildman–Crippen MR) is 54.0 cm³/mol. The van der Waals surface area contributed by atoms with Crippen molar-refractivity contribution in [3.63, 3.8) is 0 Å². The molecule has 2 heterocycles. The van der Waals surface area contributed by atoms with Crippen molar-refractivity contribution in [2.45, 2.75) is 13.3 Å². The predicted octanol–water partition coefficient (Wildman–Crippen LogP) is 1.05. The molecule has 0 atom stereocenters. The van der Waals surface area contributed by atoms with Crippen LogP contribution in [-0.4, -0.2) is 15.2 Å². The molecule has 2 rings (SSSR count). The molecule has 0 radical (unpaired) electrons. The molecule has 0 spiro atoms. The number of nitrogen functional groups attached to an aromatic ring is 1. The van der Waals surface area contributed by atoms with Crippen molar-refractivity contribution < 1.29 is 4.79 Å². The van der Waals surface area contributed by atoms with Gasteiger partial charge in [0.15, 0.2) is 0 Å². The molecule has 0 saturated heterocycles. The molecule has 0 aliphatic heterocycles. The third-order valence-electron chi connectivity index (χ3n) is 2.04. The molecule has 0 bridgehead atoms. The molecule has 4 nitrogen and oxygen atoms in total. The maximum atomic E-state index is 10.9. The summed E-state index contributed by atoms with van der Waals surface area (Å²) in [4.78, 5) is 15.1. The highest BCUT2D eigenvalue weighted by Crippen LogP contribution is 2.11. The number of nitrogens with two attached hydrogens (primary N) is 1. The zero-order chi connectivity index (χ0) is 10.1. The molecular formula is C10H11N3O. The molecule has 0 amide bonds. The SMILES string of the molecule is CC(=O)Cc1ncc2cc(N)ccn12. The Kier molecular flexibility index (Phi) is 1.96. The van der Waals surface area contributed by atoms with E-state index in [1.165, 1.54) is 0 Å². The molecule has 0 fully saturated rings. The monoisotopic (exact) mass is 189 g/mol. The number of ketones is 1. The van der Waals surface area contributed by atoms with Gasteiger partial charge in [-0.3, -0.25) is 4.79 Å². The summed E-state index contributed by atoms with van der Waals surface area (Å²) in [5.41, 5.74) is 7.24. The van der Waals surface area contributed by atoms with Gasteiger partial charge in [0, 0.05) is 11.9 Å². The van der Waals surface area contributed by atoms with Gasteiger partial charge in [0.05, 0.1) is 18.1 Å². The molecule has 72 valence electrons. The fourth-order valence-corrected chi connectivity index (χ4v) is 1.43. The topological polar surface area (TPSA) is 60.4 Å². The molecule has 2 aromatic rings. The van der Waals surface area contributed by atoms with Gasteiger partial charge in [-0.2, -0.15) is 0 Å². The van der Waals surface area contributed by atoms with Crippen LogP contribution in [0.25, 0.3) is 5.52 Å². The summed E-state index contributed by atoms with van der Waals surface area (Å²) in [6, 6.07) is 3.62. The summed E-state index contributed by atoms with van der Waals surface area (Å²) in [5.74, 6) is 0.863. The van der Waals surface area contributed by atoms with Crippen molar-refractivity contribution in [3.8, 4) is 0 Å². The van der Waals surface area contributed by atoms with Gasteiger partial charge in [-0.25, -0.2) is 4.98 Å². The Bertz CT molecular complexity index is 487. The van der Waals surface area contributed by atoms with Crippen molar-refractivity contribution in [1.29, 1.82) is 0 Å². The number of aromatic nitrogens is 2. The molecule has 2 aromatic heterocycles. The second-order valence-electron chi connectivity index (χ2n) is 3.31. The maximum absolute atomic E-state index is 10.9. The third kappa shape index (κ3) is 1.46. The normalized spacial score (nSPS) is 10.6. The van der Waals surface area contributed by atoms with Crippen LogP contribution in [0.3, 0.4) is 0 Å². The summed E-state index contributed by atoms with van der Waals surface area (Å²) in [6.45, 7) is 1.55. The average molecular weight is 189 g/mol. The molecule has 0 unspecified atom stereocenters. The fourth-order valence-electron chi connectivity index (χ4n) is 1.43. The van der Waals surface area contributed by atoms with E-state index in [1.54, 1.807) is 19.2 Å². The van der Waals surface area contributed by atoms with Crippen LogP contribution in [0.15, 0.2) is 24.5 Å². The molecule has 0 saturated carbocycles. The largest absolute Gasteiger partial charge is 0.399 e. The second kappa shape index (κ2) is 3.14. The molecule has 2 N–H and O–H groups in total. The van der Waals surface area contributed by atoms with Crippen molar-refractivity contribution in [2.75, 3.05) is 5.73 Å².